The molecule has 0 aliphatic carbocycles. The van der Waals surface area contributed by atoms with Crippen molar-refractivity contribution in [3.8, 4) is 0 Å². The van der Waals surface area contributed by atoms with Gasteiger partial charge in [0, 0.05) is 6.54 Å². The number of rotatable bonds is 4. The van der Waals surface area contributed by atoms with E-state index in [1.165, 1.54) is 5.56 Å². The molecule has 0 aliphatic rings. The van der Waals surface area contributed by atoms with E-state index in [1.54, 1.807) is 11.3 Å². The zero-order valence-corrected chi connectivity index (χ0v) is 8.60. The molecule has 1 heterocycles. The van der Waals surface area contributed by atoms with E-state index in [-0.39, 0.29) is 0 Å². The summed E-state index contributed by atoms with van der Waals surface area (Å²) >= 11 is 1.68. The Morgan fingerprint density at radius 2 is 2.54 bits per heavy atom. The SMILES string of the molecule is CCCNC(N)=NCc1ccsc1. The first-order valence-electron chi connectivity index (χ1n) is 4.37. The van der Waals surface area contributed by atoms with Crippen LogP contribution in [-0.4, -0.2) is 12.5 Å². The lowest BCUT2D eigenvalue weighted by atomic mass is 10.3. The van der Waals surface area contributed by atoms with E-state index in [2.05, 4.69) is 28.7 Å². The maximum atomic E-state index is 5.62. The fraction of sp³-hybridized carbons (Fsp3) is 0.444. The van der Waals surface area contributed by atoms with Crippen molar-refractivity contribution in [3.05, 3.63) is 22.4 Å². The van der Waals surface area contributed by atoms with Crippen molar-refractivity contribution in [2.75, 3.05) is 6.54 Å². The van der Waals surface area contributed by atoms with Crippen molar-refractivity contribution in [2.24, 2.45) is 10.7 Å². The summed E-state index contributed by atoms with van der Waals surface area (Å²) in [5.41, 5.74) is 6.83. The van der Waals surface area contributed by atoms with Gasteiger partial charge in [-0.15, -0.1) is 0 Å². The average molecular weight is 197 g/mol. The Bertz CT molecular complexity index is 254. The van der Waals surface area contributed by atoms with Crippen LogP contribution in [0.2, 0.25) is 0 Å². The normalized spacial score (nSPS) is 11.6. The first-order valence-corrected chi connectivity index (χ1v) is 5.32. The van der Waals surface area contributed by atoms with Gasteiger partial charge in [-0.25, -0.2) is 4.99 Å². The molecule has 3 nitrogen and oxygen atoms in total. The Hall–Kier alpha value is -1.03. The van der Waals surface area contributed by atoms with Gasteiger partial charge < -0.3 is 11.1 Å². The maximum absolute atomic E-state index is 5.62. The van der Waals surface area contributed by atoms with Gasteiger partial charge in [-0.05, 0) is 28.8 Å². The van der Waals surface area contributed by atoms with Crippen LogP contribution >= 0.6 is 11.3 Å². The molecule has 0 unspecified atom stereocenters. The molecular formula is C9H15N3S. The van der Waals surface area contributed by atoms with Crippen LogP contribution in [0.25, 0.3) is 0 Å². The molecule has 13 heavy (non-hydrogen) atoms. The van der Waals surface area contributed by atoms with Crippen LogP contribution in [0.1, 0.15) is 18.9 Å². The molecule has 0 atom stereocenters. The molecule has 0 bridgehead atoms. The summed E-state index contributed by atoms with van der Waals surface area (Å²) in [6, 6.07) is 2.06. The summed E-state index contributed by atoms with van der Waals surface area (Å²) in [6.45, 7) is 3.66. The Morgan fingerprint density at radius 1 is 1.69 bits per heavy atom. The topological polar surface area (TPSA) is 50.4 Å². The number of hydrogen-bond donors (Lipinski definition) is 2. The van der Waals surface area contributed by atoms with E-state index < -0.39 is 0 Å². The molecule has 3 N–H and O–H groups in total. The quantitative estimate of drug-likeness (QED) is 0.568. The molecule has 0 aromatic carbocycles. The number of aliphatic imine (C=N–C) groups is 1. The van der Waals surface area contributed by atoms with Crippen molar-refractivity contribution in [2.45, 2.75) is 19.9 Å². The van der Waals surface area contributed by atoms with Gasteiger partial charge in [0.15, 0.2) is 5.96 Å². The van der Waals surface area contributed by atoms with Gasteiger partial charge >= 0.3 is 0 Å². The van der Waals surface area contributed by atoms with Crippen molar-refractivity contribution in [1.82, 2.24) is 5.32 Å². The molecule has 0 fully saturated rings. The molecule has 1 aromatic heterocycles. The van der Waals surface area contributed by atoms with Crippen LogP contribution in [0.5, 0.6) is 0 Å². The van der Waals surface area contributed by atoms with Crippen LogP contribution in [0.3, 0.4) is 0 Å². The molecule has 1 rings (SSSR count). The molecular weight excluding hydrogens is 182 g/mol. The van der Waals surface area contributed by atoms with E-state index in [9.17, 15) is 0 Å². The van der Waals surface area contributed by atoms with E-state index in [0.29, 0.717) is 12.5 Å². The Labute approximate surface area is 82.7 Å². The number of nitrogens with zero attached hydrogens (tertiary/aromatic N) is 1. The lowest BCUT2D eigenvalue weighted by Gasteiger charge is -2.01. The first kappa shape index (κ1) is 10.1. The lowest BCUT2D eigenvalue weighted by molar-refractivity contribution is 0.825. The number of thiophene rings is 1. The first-order chi connectivity index (χ1) is 6.33. The highest BCUT2D eigenvalue weighted by molar-refractivity contribution is 7.07. The standard InChI is InChI=1S/C9H15N3S/c1-2-4-11-9(10)12-6-8-3-5-13-7-8/h3,5,7H,2,4,6H2,1H3,(H3,10,11,12). The molecule has 1 aromatic rings. The second-order valence-corrected chi connectivity index (χ2v) is 3.54. The molecule has 0 aliphatic heterocycles. The van der Waals surface area contributed by atoms with Crippen LogP contribution in [-0.2, 0) is 6.54 Å². The van der Waals surface area contributed by atoms with Crippen molar-refractivity contribution in [1.29, 1.82) is 0 Å². The maximum Gasteiger partial charge on any atom is 0.188 e. The van der Waals surface area contributed by atoms with E-state index in [4.69, 9.17) is 5.73 Å². The minimum atomic E-state index is 0.535. The third-order valence-electron chi connectivity index (χ3n) is 1.57. The molecule has 0 saturated carbocycles. The van der Waals surface area contributed by atoms with E-state index in [0.717, 1.165) is 13.0 Å². The highest BCUT2D eigenvalue weighted by Gasteiger charge is 1.91. The van der Waals surface area contributed by atoms with Crippen LogP contribution in [0.15, 0.2) is 21.8 Å². The fourth-order valence-corrected chi connectivity index (χ4v) is 1.53. The predicted molar refractivity (Wildman–Crippen MR) is 57.9 cm³/mol. The molecule has 0 amide bonds. The number of nitrogens with one attached hydrogen (secondary N) is 1. The molecule has 72 valence electrons. The molecule has 0 saturated heterocycles. The summed E-state index contributed by atoms with van der Waals surface area (Å²) in [5.74, 6) is 0.535. The van der Waals surface area contributed by atoms with Crippen LogP contribution < -0.4 is 11.1 Å². The summed E-state index contributed by atoms with van der Waals surface area (Å²) in [5, 5.41) is 7.15. The third kappa shape index (κ3) is 3.94. The van der Waals surface area contributed by atoms with Crippen molar-refractivity contribution in [3.63, 3.8) is 0 Å². The average Bonchev–Trinajstić information content (AvgIpc) is 2.64. The van der Waals surface area contributed by atoms with E-state index >= 15 is 0 Å². The van der Waals surface area contributed by atoms with Crippen LogP contribution in [0.4, 0.5) is 0 Å². The van der Waals surface area contributed by atoms with Crippen molar-refractivity contribution >= 4 is 17.3 Å². The largest absolute Gasteiger partial charge is 0.370 e. The lowest BCUT2D eigenvalue weighted by Crippen LogP contribution is -2.32. The van der Waals surface area contributed by atoms with Gasteiger partial charge in [0.25, 0.3) is 0 Å². The highest BCUT2D eigenvalue weighted by atomic mass is 32.1. The zero-order chi connectivity index (χ0) is 9.52. The fourth-order valence-electron chi connectivity index (χ4n) is 0.868. The van der Waals surface area contributed by atoms with Crippen LogP contribution in [0, 0.1) is 0 Å². The number of hydrogen-bond acceptors (Lipinski definition) is 2. The number of nitrogens with two attached hydrogens (primary N) is 1. The van der Waals surface area contributed by atoms with E-state index in [1.807, 2.05) is 5.38 Å². The van der Waals surface area contributed by atoms with Gasteiger partial charge in [0.1, 0.15) is 0 Å². The van der Waals surface area contributed by atoms with Crippen molar-refractivity contribution < 1.29 is 0 Å². The monoisotopic (exact) mass is 197 g/mol. The summed E-state index contributed by atoms with van der Waals surface area (Å²) in [6.07, 6.45) is 1.06. The van der Waals surface area contributed by atoms with Gasteiger partial charge in [-0.1, -0.05) is 6.92 Å². The highest BCUT2D eigenvalue weighted by Crippen LogP contribution is 2.06. The second kappa shape index (κ2) is 5.59. The summed E-state index contributed by atoms with van der Waals surface area (Å²) in [4.78, 5) is 4.19. The predicted octanol–water partition coefficient (Wildman–Crippen LogP) is 1.56. The van der Waals surface area contributed by atoms with Gasteiger partial charge in [0.2, 0.25) is 0 Å². The third-order valence-corrected chi connectivity index (χ3v) is 2.30. The molecule has 4 heteroatoms. The Morgan fingerprint density at radius 3 is 3.15 bits per heavy atom. The molecule has 0 spiro atoms. The zero-order valence-electron chi connectivity index (χ0n) is 7.79. The molecule has 0 radical (unpaired) electrons. The van der Waals surface area contributed by atoms with Gasteiger partial charge in [-0.3, -0.25) is 0 Å². The summed E-state index contributed by atoms with van der Waals surface area (Å²) < 4.78 is 0. The minimum absolute atomic E-state index is 0.535. The minimum Gasteiger partial charge on any atom is -0.370 e. The number of guanidine groups is 1. The second-order valence-electron chi connectivity index (χ2n) is 2.76. The summed E-state index contributed by atoms with van der Waals surface area (Å²) in [7, 11) is 0. The Balaban J connectivity index is 2.30. The Kier molecular flexibility index (Phi) is 4.32. The van der Waals surface area contributed by atoms with Gasteiger partial charge in [-0.2, -0.15) is 11.3 Å². The van der Waals surface area contributed by atoms with Gasteiger partial charge in [0.05, 0.1) is 6.54 Å². The smallest absolute Gasteiger partial charge is 0.188 e.